The van der Waals surface area contributed by atoms with Gasteiger partial charge in [0, 0.05) is 17.4 Å². The summed E-state index contributed by atoms with van der Waals surface area (Å²) in [6, 6.07) is 13.7. The van der Waals surface area contributed by atoms with Gasteiger partial charge in [0.1, 0.15) is 11.5 Å². The lowest BCUT2D eigenvalue weighted by atomic mass is 10.1. The number of aromatic nitrogens is 1. The van der Waals surface area contributed by atoms with Crippen molar-refractivity contribution < 1.29 is 14.3 Å². The lowest BCUT2D eigenvalue weighted by Gasteiger charge is -2.06. The van der Waals surface area contributed by atoms with Gasteiger partial charge in [0.2, 0.25) is 0 Å². The van der Waals surface area contributed by atoms with Crippen molar-refractivity contribution in [2.45, 2.75) is 13.3 Å². The number of hydrogen-bond donors (Lipinski definition) is 1. The van der Waals surface area contributed by atoms with Crippen LogP contribution < -0.4 is 14.8 Å². The van der Waals surface area contributed by atoms with Crippen LogP contribution in [0.1, 0.15) is 11.1 Å². The SMILES string of the molecule is Cc1cccc(OCC(=O)Nc2nc(-c3ccc4c(c3)CCO4)cs2)c1. The fourth-order valence-corrected chi connectivity index (χ4v) is 3.55. The maximum atomic E-state index is 12.1. The first kappa shape index (κ1) is 16.6. The summed E-state index contributed by atoms with van der Waals surface area (Å²) in [4.78, 5) is 16.6. The standard InChI is InChI=1S/C20H18N2O3S/c1-13-3-2-4-16(9-13)25-11-19(23)22-20-21-17(12-26-20)14-5-6-18-15(10-14)7-8-24-18/h2-6,9-10,12H,7-8,11H2,1H3,(H,21,22,23). The molecule has 1 aromatic heterocycles. The van der Waals surface area contributed by atoms with Gasteiger partial charge in [0.25, 0.3) is 5.91 Å². The Morgan fingerprint density at radius 2 is 2.23 bits per heavy atom. The molecule has 1 amide bonds. The molecule has 0 aliphatic carbocycles. The molecule has 0 unspecified atom stereocenters. The van der Waals surface area contributed by atoms with E-state index in [1.54, 1.807) is 0 Å². The molecule has 4 rings (SSSR count). The Balaban J connectivity index is 1.38. The van der Waals surface area contributed by atoms with Crippen molar-refractivity contribution in [1.29, 1.82) is 0 Å². The van der Waals surface area contributed by atoms with E-state index in [1.165, 1.54) is 16.9 Å². The number of amides is 1. The van der Waals surface area contributed by atoms with Gasteiger partial charge < -0.3 is 9.47 Å². The average Bonchev–Trinajstić information content (AvgIpc) is 3.28. The van der Waals surface area contributed by atoms with E-state index in [1.807, 2.05) is 48.7 Å². The van der Waals surface area contributed by atoms with Gasteiger partial charge in [-0.25, -0.2) is 4.98 Å². The fourth-order valence-electron chi connectivity index (χ4n) is 2.82. The number of anilines is 1. The third kappa shape index (κ3) is 3.70. The highest BCUT2D eigenvalue weighted by atomic mass is 32.1. The van der Waals surface area contributed by atoms with Crippen LogP contribution in [0.2, 0.25) is 0 Å². The molecule has 0 saturated carbocycles. The molecule has 1 aliphatic rings. The summed E-state index contributed by atoms with van der Waals surface area (Å²) in [5, 5.41) is 5.29. The van der Waals surface area contributed by atoms with Crippen molar-refractivity contribution in [3.05, 3.63) is 59.0 Å². The zero-order valence-electron chi connectivity index (χ0n) is 14.3. The van der Waals surface area contributed by atoms with E-state index in [2.05, 4.69) is 16.4 Å². The Labute approximate surface area is 155 Å². The van der Waals surface area contributed by atoms with Crippen molar-refractivity contribution in [2.24, 2.45) is 0 Å². The van der Waals surface area contributed by atoms with Crippen LogP contribution in [0.5, 0.6) is 11.5 Å². The van der Waals surface area contributed by atoms with Gasteiger partial charge in [-0.2, -0.15) is 0 Å². The fraction of sp³-hybridized carbons (Fsp3) is 0.200. The second-order valence-electron chi connectivity index (χ2n) is 6.11. The molecular weight excluding hydrogens is 348 g/mol. The molecule has 6 heteroatoms. The van der Waals surface area contributed by atoms with E-state index in [0.717, 1.165) is 35.6 Å². The summed E-state index contributed by atoms with van der Waals surface area (Å²) in [6.45, 7) is 2.67. The van der Waals surface area contributed by atoms with Crippen LogP contribution in [0.25, 0.3) is 11.3 Å². The van der Waals surface area contributed by atoms with E-state index < -0.39 is 0 Å². The minimum Gasteiger partial charge on any atom is -0.493 e. The summed E-state index contributed by atoms with van der Waals surface area (Å²) >= 11 is 1.40. The lowest BCUT2D eigenvalue weighted by Crippen LogP contribution is -2.20. The summed E-state index contributed by atoms with van der Waals surface area (Å²) < 4.78 is 11.0. The molecule has 2 heterocycles. The Kier molecular flexibility index (Phi) is 4.58. The van der Waals surface area contributed by atoms with Gasteiger partial charge in [-0.1, -0.05) is 12.1 Å². The van der Waals surface area contributed by atoms with E-state index in [0.29, 0.717) is 10.9 Å². The predicted octanol–water partition coefficient (Wildman–Crippen LogP) is 4.07. The molecule has 1 aliphatic heterocycles. The number of rotatable bonds is 5. The molecule has 0 fully saturated rings. The largest absolute Gasteiger partial charge is 0.493 e. The number of carbonyl (C=O) groups excluding carboxylic acids is 1. The molecule has 5 nitrogen and oxygen atoms in total. The van der Waals surface area contributed by atoms with Crippen molar-refractivity contribution >= 4 is 22.4 Å². The Morgan fingerprint density at radius 3 is 3.12 bits per heavy atom. The predicted molar refractivity (Wildman–Crippen MR) is 102 cm³/mol. The maximum Gasteiger partial charge on any atom is 0.264 e. The second-order valence-corrected chi connectivity index (χ2v) is 6.97. The number of benzene rings is 2. The number of carbonyl (C=O) groups is 1. The van der Waals surface area contributed by atoms with Crippen molar-refractivity contribution in [2.75, 3.05) is 18.5 Å². The highest BCUT2D eigenvalue weighted by Gasteiger charge is 2.14. The molecule has 2 aromatic carbocycles. The molecule has 0 bridgehead atoms. The van der Waals surface area contributed by atoms with Gasteiger partial charge in [-0.15, -0.1) is 11.3 Å². The Hall–Kier alpha value is -2.86. The monoisotopic (exact) mass is 366 g/mol. The van der Waals surface area contributed by atoms with Gasteiger partial charge in [0.05, 0.1) is 12.3 Å². The summed E-state index contributed by atoms with van der Waals surface area (Å²) in [6.07, 6.45) is 0.924. The highest BCUT2D eigenvalue weighted by Crippen LogP contribution is 2.31. The molecule has 132 valence electrons. The van der Waals surface area contributed by atoms with Gasteiger partial charge in [-0.3, -0.25) is 10.1 Å². The van der Waals surface area contributed by atoms with E-state index in [4.69, 9.17) is 9.47 Å². The van der Waals surface area contributed by atoms with E-state index >= 15 is 0 Å². The maximum absolute atomic E-state index is 12.1. The quantitative estimate of drug-likeness (QED) is 0.739. The number of aryl methyl sites for hydroxylation is 1. The summed E-state index contributed by atoms with van der Waals surface area (Å²) in [7, 11) is 0. The number of hydrogen-bond acceptors (Lipinski definition) is 5. The first-order valence-electron chi connectivity index (χ1n) is 8.38. The van der Waals surface area contributed by atoms with Gasteiger partial charge in [-0.05, 0) is 48.4 Å². The molecule has 0 radical (unpaired) electrons. The van der Waals surface area contributed by atoms with Crippen LogP contribution in [0, 0.1) is 6.92 Å². The van der Waals surface area contributed by atoms with Crippen LogP contribution >= 0.6 is 11.3 Å². The van der Waals surface area contributed by atoms with Crippen molar-refractivity contribution in [1.82, 2.24) is 4.98 Å². The Morgan fingerprint density at radius 1 is 1.31 bits per heavy atom. The number of fused-ring (bicyclic) bond motifs is 1. The van der Waals surface area contributed by atoms with Crippen LogP contribution in [-0.2, 0) is 11.2 Å². The van der Waals surface area contributed by atoms with E-state index in [-0.39, 0.29) is 12.5 Å². The van der Waals surface area contributed by atoms with Gasteiger partial charge in [0.15, 0.2) is 11.7 Å². The number of nitrogens with one attached hydrogen (secondary N) is 1. The molecule has 26 heavy (non-hydrogen) atoms. The molecule has 3 aromatic rings. The van der Waals surface area contributed by atoms with Crippen LogP contribution in [0.4, 0.5) is 5.13 Å². The highest BCUT2D eigenvalue weighted by molar-refractivity contribution is 7.14. The second kappa shape index (κ2) is 7.17. The van der Waals surface area contributed by atoms with Gasteiger partial charge >= 0.3 is 0 Å². The minimum absolute atomic E-state index is 0.0471. The summed E-state index contributed by atoms with van der Waals surface area (Å²) in [5.74, 6) is 1.40. The van der Waals surface area contributed by atoms with Crippen LogP contribution in [-0.4, -0.2) is 24.1 Å². The Bertz CT molecular complexity index is 952. The zero-order chi connectivity index (χ0) is 17.9. The minimum atomic E-state index is -0.227. The topological polar surface area (TPSA) is 60.5 Å². The van der Waals surface area contributed by atoms with Crippen molar-refractivity contribution in [3.8, 4) is 22.8 Å². The molecular formula is C20H18N2O3S. The first-order chi connectivity index (χ1) is 12.7. The van der Waals surface area contributed by atoms with Crippen molar-refractivity contribution in [3.63, 3.8) is 0 Å². The number of nitrogens with zero attached hydrogens (tertiary/aromatic N) is 1. The first-order valence-corrected chi connectivity index (χ1v) is 9.26. The number of ether oxygens (including phenoxy) is 2. The van der Waals surface area contributed by atoms with Crippen LogP contribution in [0.15, 0.2) is 47.8 Å². The third-order valence-corrected chi connectivity index (χ3v) is 4.85. The van der Waals surface area contributed by atoms with E-state index in [9.17, 15) is 4.79 Å². The molecule has 1 N–H and O–H groups in total. The average molecular weight is 366 g/mol. The van der Waals surface area contributed by atoms with Crippen LogP contribution in [0.3, 0.4) is 0 Å². The number of thiazole rings is 1. The normalized spacial score (nSPS) is 12.3. The third-order valence-electron chi connectivity index (χ3n) is 4.10. The summed E-state index contributed by atoms with van der Waals surface area (Å²) in [5.41, 5.74) is 4.17. The smallest absolute Gasteiger partial charge is 0.264 e. The molecule has 0 spiro atoms. The zero-order valence-corrected chi connectivity index (χ0v) is 15.1. The molecule has 0 atom stereocenters. The lowest BCUT2D eigenvalue weighted by molar-refractivity contribution is -0.118. The molecule has 0 saturated heterocycles.